The average molecular weight is 332 g/mol. The second-order valence-corrected chi connectivity index (χ2v) is 6.30. The standard InChI is InChI=1S/C20H32N2O2/c1-3-5-7-9-14-19(23)21-17-12-11-13-18(16-17)22-20(24)15-10-8-6-4-2/h11-13,16H,3-10,14-15H2,1-2H3,(H,21,23)(H,22,24). The quantitative estimate of drug-likeness (QED) is 0.496. The van der Waals surface area contributed by atoms with Gasteiger partial charge in [0.05, 0.1) is 0 Å². The molecule has 0 saturated carbocycles. The summed E-state index contributed by atoms with van der Waals surface area (Å²) < 4.78 is 0. The molecular weight excluding hydrogens is 300 g/mol. The lowest BCUT2D eigenvalue weighted by molar-refractivity contribution is -0.117. The zero-order valence-corrected chi connectivity index (χ0v) is 15.2. The van der Waals surface area contributed by atoms with Crippen LogP contribution in [0.5, 0.6) is 0 Å². The van der Waals surface area contributed by atoms with Crippen molar-refractivity contribution in [3.05, 3.63) is 24.3 Å². The minimum Gasteiger partial charge on any atom is -0.326 e. The highest BCUT2D eigenvalue weighted by molar-refractivity contribution is 5.94. The van der Waals surface area contributed by atoms with Gasteiger partial charge >= 0.3 is 0 Å². The van der Waals surface area contributed by atoms with Crippen molar-refractivity contribution in [2.45, 2.75) is 78.1 Å². The fourth-order valence-electron chi connectivity index (χ4n) is 2.55. The second kappa shape index (κ2) is 12.6. The molecule has 24 heavy (non-hydrogen) atoms. The van der Waals surface area contributed by atoms with Gasteiger partial charge in [-0.05, 0) is 31.0 Å². The van der Waals surface area contributed by atoms with Crippen LogP contribution in [0.3, 0.4) is 0 Å². The van der Waals surface area contributed by atoms with Gasteiger partial charge in [-0.3, -0.25) is 9.59 Å². The van der Waals surface area contributed by atoms with Gasteiger partial charge in [-0.2, -0.15) is 0 Å². The molecule has 0 radical (unpaired) electrons. The molecule has 2 N–H and O–H groups in total. The second-order valence-electron chi connectivity index (χ2n) is 6.30. The van der Waals surface area contributed by atoms with Gasteiger partial charge in [0.2, 0.25) is 11.8 Å². The van der Waals surface area contributed by atoms with Crippen LogP contribution in [-0.2, 0) is 9.59 Å². The van der Waals surface area contributed by atoms with Crippen molar-refractivity contribution in [1.29, 1.82) is 0 Å². The molecule has 134 valence electrons. The first-order valence-electron chi connectivity index (χ1n) is 9.35. The van der Waals surface area contributed by atoms with Gasteiger partial charge in [0.25, 0.3) is 0 Å². The molecule has 0 aliphatic rings. The lowest BCUT2D eigenvalue weighted by Crippen LogP contribution is -2.13. The Kier molecular flexibility index (Phi) is 10.6. The molecule has 0 saturated heterocycles. The number of unbranched alkanes of at least 4 members (excludes halogenated alkanes) is 6. The van der Waals surface area contributed by atoms with Crippen molar-refractivity contribution >= 4 is 23.2 Å². The highest BCUT2D eigenvalue weighted by Crippen LogP contribution is 2.16. The Morgan fingerprint density at radius 1 is 0.750 bits per heavy atom. The molecule has 4 heteroatoms. The average Bonchev–Trinajstić information content (AvgIpc) is 2.56. The van der Waals surface area contributed by atoms with Gasteiger partial charge in [-0.1, -0.05) is 58.4 Å². The molecule has 4 nitrogen and oxygen atoms in total. The first-order chi connectivity index (χ1) is 11.7. The number of anilines is 2. The molecule has 1 rings (SSSR count). The van der Waals surface area contributed by atoms with E-state index in [4.69, 9.17) is 0 Å². The molecular formula is C20H32N2O2. The lowest BCUT2D eigenvalue weighted by atomic mass is 10.1. The van der Waals surface area contributed by atoms with Gasteiger partial charge in [0, 0.05) is 24.2 Å². The number of carbonyl (C=O) groups excluding carboxylic acids is 2. The summed E-state index contributed by atoms with van der Waals surface area (Å²) in [5.41, 5.74) is 1.47. The zero-order valence-electron chi connectivity index (χ0n) is 15.2. The molecule has 0 heterocycles. The molecule has 0 aromatic heterocycles. The molecule has 0 unspecified atom stereocenters. The summed E-state index contributed by atoms with van der Waals surface area (Å²) in [5, 5.41) is 5.80. The number of amides is 2. The van der Waals surface area contributed by atoms with E-state index in [0.717, 1.165) is 37.1 Å². The third-order valence-electron chi connectivity index (χ3n) is 3.94. The van der Waals surface area contributed by atoms with E-state index < -0.39 is 0 Å². The molecule has 0 fully saturated rings. The van der Waals surface area contributed by atoms with E-state index in [1.54, 1.807) is 0 Å². The monoisotopic (exact) mass is 332 g/mol. The summed E-state index contributed by atoms with van der Waals surface area (Å²) in [7, 11) is 0. The van der Waals surface area contributed by atoms with Crippen molar-refractivity contribution in [1.82, 2.24) is 0 Å². The number of carbonyl (C=O) groups is 2. The predicted molar refractivity (Wildman–Crippen MR) is 101 cm³/mol. The summed E-state index contributed by atoms with van der Waals surface area (Å²) in [6.45, 7) is 4.31. The lowest BCUT2D eigenvalue weighted by Gasteiger charge is -2.09. The fraction of sp³-hybridized carbons (Fsp3) is 0.600. The van der Waals surface area contributed by atoms with Crippen LogP contribution in [0.15, 0.2) is 24.3 Å². The Labute approximate surface area is 146 Å². The normalized spacial score (nSPS) is 10.4. The summed E-state index contributed by atoms with van der Waals surface area (Å²) >= 11 is 0. The van der Waals surface area contributed by atoms with Crippen LogP contribution in [0.4, 0.5) is 11.4 Å². The summed E-state index contributed by atoms with van der Waals surface area (Å²) in [5.74, 6) is 0.0725. The largest absolute Gasteiger partial charge is 0.326 e. The highest BCUT2D eigenvalue weighted by atomic mass is 16.2. The number of benzene rings is 1. The van der Waals surface area contributed by atoms with Gasteiger partial charge in [-0.25, -0.2) is 0 Å². The Hall–Kier alpha value is -1.84. The van der Waals surface area contributed by atoms with E-state index in [2.05, 4.69) is 24.5 Å². The van der Waals surface area contributed by atoms with Crippen LogP contribution in [0.1, 0.15) is 78.1 Å². The van der Waals surface area contributed by atoms with Crippen LogP contribution in [0.25, 0.3) is 0 Å². The Balaban J connectivity index is 2.37. The van der Waals surface area contributed by atoms with Crippen LogP contribution in [-0.4, -0.2) is 11.8 Å². The van der Waals surface area contributed by atoms with Crippen molar-refractivity contribution < 1.29 is 9.59 Å². The fourth-order valence-corrected chi connectivity index (χ4v) is 2.55. The van der Waals surface area contributed by atoms with Crippen LogP contribution >= 0.6 is 0 Å². The first-order valence-corrected chi connectivity index (χ1v) is 9.35. The summed E-state index contributed by atoms with van der Waals surface area (Å²) in [6.07, 6.45) is 9.82. The van der Waals surface area contributed by atoms with Crippen molar-refractivity contribution in [2.75, 3.05) is 10.6 Å². The molecule has 2 amide bonds. The molecule has 1 aromatic rings. The van der Waals surface area contributed by atoms with Gasteiger partial charge in [-0.15, -0.1) is 0 Å². The van der Waals surface area contributed by atoms with E-state index in [0.29, 0.717) is 12.8 Å². The minimum absolute atomic E-state index is 0.0362. The maximum atomic E-state index is 11.9. The maximum Gasteiger partial charge on any atom is 0.224 e. The van der Waals surface area contributed by atoms with E-state index in [-0.39, 0.29) is 11.8 Å². The van der Waals surface area contributed by atoms with Gasteiger partial charge in [0.1, 0.15) is 0 Å². The number of nitrogens with one attached hydrogen (secondary N) is 2. The Morgan fingerprint density at radius 2 is 1.21 bits per heavy atom. The third-order valence-corrected chi connectivity index (χ3v) is 3.94. The van der Waals surface area contributed by atoms with E-state index >= 15 is 0 Å². The van der Waals surface area contributed by atoms with Crippen LogP contribution in [0, 0.1) is 0 Å². The molecule has 0 bridgehead atoms. The van der Waals surface area contributed by atoms with Crippen molar-refractivity contribution in [3.8, 4) is 0 Å². The van der Waals surface area contributed by atoms with Crippen LogP contribution < -0.4 is 10.6 Å². The van der Waals surface area contributed by atoms with Gasteiger partial charge in [0.15, 0.2) is 0 Å². The molecule has 0 aliphatic heterocycles. The van der Waals surface area contributed by atoms with Crippen LogP contribution in [0.2, 0.25) is 0 Å². The molecule has 1 aromatic carbocycles. The predicted octanol–water partition coefficient (Wildman–Crippen LogP) is 5.50. The molecule has 0 atom stereocenters. The minimum atomic E-state index is 0.0362. The Morgan fingerprint density at radius 3 is 1.62 bits per heavy atom. The van der Waals surface area contributed by atoms with E-state index in [9.17, 15) is 9.59 Å². The number of rotatable bonds is 12. The SMILES string of the molecule is CCCCCCC(=O)Nc1cccc(NC(=O)CCCCCC)c1. The molecule has 0 aliphatic carbocycles. The highest BCUT2D eigenvalue weighted by Gasteiger charge is 2.05. The number of hydrogen-bond donors (Lipinski definition) is 2. The smallest absolute Gasteiger partial charge is 0.224 e. The zero-order chi connectivity index (χ0) is 17.6. The van der Waals surface area contributed by atoms with Crippen molar-refractivity contribution in [2.24, 2.45) is 0 Å². The van der Waals surface area contributed by atoms with E-state index in [1.807, 2.05) is 24.3 Å². The summed E-state index contributed by atoms with van der Waals surface area (Å²) in [4.78, 5) is 23.8. The van der Waals surface area contributed by atoms with Crippen molar-refractivity contribution in [3.63, 3.8) is 0 Å². The number of hydrogen-bond acceptors (Lipinski definition) is 2. The first kappa shape index (κ1) is 20.2. The summed E-state index contributed by atoms with van der Waals surface area (Å²) in [6, 6.07) is 7.36. The van der Waals surface area contributed by atoms with Gasteiger partial charge < -0.3 is 10.6 Å². The third kappa shape index (κ3) is 9.33. The van der Waals surface area contributed by atoms with E-state index in [1.165, 1.54) is 25.7 Å². The molecule has 0 spiro atoms. The Bertz CT molecular complexity index is 459. The maximum absolute atomic E-state index is 11.9. The topological polar surface area (TPSA) is 58.2 Å².